The molecule has 0 rings (SSSR count). The van der Waals surface area contributed by atoms with E-state index in [1.807, 2.05) is 0 Å². The fourth-order valence-electron chi connectivity index (χ4n) is 0.214. The molecule has 15 heteroatoms. The minimum atomic E-state index is -6.72. The fourth-order valence-corrected chi connectivity index (χ4v) is 1.92. The quantitative estimate of drug-likeness (QED) is 0.413. The molecule has 0 bridgehead atoms. The van der Waals surface area contributed by atoms with Gasteiger partial charge >= 0.3 is 28.1 Å². The van der Waals surface area contributed by atoms with Gasteiger partial charge in [0.2, 0.25) is 0 Å². The minimum Gasteiger partial charge on any atom is -1.00 e. The van der Waals surface area contributed by atoms with Crippen molar-refractivity contribution in [3.63, 3.8) is 0 Å². The van der Waals surface area contributed by atoms with Crippen LogP contribution in [0.1, 0.15) is 0 Å². The van der Waals surface area contributed by atoms with Crippen LogP contribution in [0, 0.1) is 0 Å². The van der Waals surface area contributed by atoms with Crippen LogP contribution in [-0.2, 0) is 37.1 Å². The van der Waals surface area contributed by atoms with Crippen molar-refractivity contribution in [2.45, 2.75) is 11.0 Å². The molecule has 0 aliphatic heterocycles. The molecule has 0 aromatic carbocycles. The van der Waals surface area contributed by atoms with Gasteiger partial charge in [-0.15, -0.1) is 0 Å². The predicted molar refractivity (Wildman–Crippen MR) is 33.3 cm³/mol. The molecule has 0 N–H and O–H groups in total. The average Bonchev–Trinajstić information content (AvgIpc) is 1.77. The van der Waals surface area contributed by atoms with Gasteiger partial charge in [-0.3, -0.25) is 0 Å². The molecule has 0 heterocycles. The number of hydrogen-bond donors (Lipinski definition) is 0. The van der Waals surface area contributed by atoms with E-state index in [0.29, 0.717) is 0 Å². The van der Waals surface area contributed by atoms with E-state index >= 15 is 0 Å². The van der Waals surface area contributed by atoms with E-state index in [9.17, 15) is 43.2 Å². The Labute approximate surface area is 108 Å². The van der Waals surface area contributed by atoms with Crippen molar-refractivity contribution >= 4 is 20.0 Å². The van der Waals surface area contributed by atoms with E-state index in [4.69, 9.17) is 0 Å². The van der Waals surface area contributed by atoms with Crippen molar-refractivity contribution in [2.75, 3.05) is 0 Å². The van der Waals surface area contributed by atoms with Crippen LogP contribution in [0.15, 0.2) is 0 Å². The molecule has 0 saturated carbocycles. The van der Waals surface area contributed by atoms with E-state index in [1.54, 1.807) is 0 Å². The maximum Gasteiger partial charge on any atom is 2.00 e. The molecule has 1 radical (unpaired) electrons. The maximum atomic E-state index is 11.4. The standard InChI is InChI=1S/C2F6NO4S2.ClH.Cu/c3-1(4,5)14(10,11)9-15(12,13)2(6,7)8;;/h;1H;/q-1;;+2/p-1. The third kappa shape index (κ3) is 5.61. The molecule has 0 aromatic rings. The molecule has 0 saturated heterocycles. The number of alkyl halides is 6. The summed E-state index contributed by atoms with van der Waals surface area (Å²) >= 11 is 0. The van der Waals surface area contributed by atoms with Crippen LogP contribution in [-0.4, -0.2) is 27.9 Å². The zero-order valence-corrected chi connectivity index (χ0v) is 10.2. The van der Waals surface area contributed by atoms with Gasteiger partial charge in [0.05, 0.1) is 0 Å². The number of rotatable bonds is 2. The van der Waals surface area contributed by atoms with Gasteiger partial charge in [0.1, 0.15) is 0 Å². The van der Waals surface area contributed by atoms with E-state index in [0.717, 1.165) is 4.13 Å². The van der Waals surface area contributed by atoms with E-state index < -0.39 is 31.1 Å². The summed E-state index contributed by atoms with van der Waals surface area (Å²) in [5, 5.41) is 0. The summed E-state index contributed by atoms with van der Waals surface area (Å²) in [5.74, 6) is 0. The Kier molecular flexibility index (Phi) is 7.82. The third-order valence-electron chi connectivity index (χ3n) is 0.781. The SMILES string of the molecule is O=S(=O)([N-]S(=O)(=O)C(F)(F)F)C(F)(F)F.[Cl-].[Cu+2]. The van der Waals surface area contributed by atoms with Crippen LogP contribution >= 0.6 is 0 Å². The van der Waals surface area contributed by atoms with Crippen molar-refractivity contribution in [3.8, 4) is 0 Å². The van der Waals surface area contributed by atoms with Crippen molar-refractivity contribution in [1.82, 2.24) is 0 Å². The zero-order valence-electron chi connectivity index (χ0n) is 6.84. The molecular weight excluding hydrogens is 379 g/mol. The molecule has 0 spiro atoms. The second kappa shape index (κ2) is 5.93. The molecule has 0 aromatic heterocycles. The Morgan fingerprint density at radius 2 is 0.882 bits per heavy atom. The van der Waals surface area contributed by atoms with E-state index in [1.165, 1.54) is 0 Å². The summed E-state index contributed by atoms with van der Waals surface area (Å²) in [6.45, 7) is 0. The molecule has 0 fully saturated rings. The molecule has 109 valence electrons. The second-order valence-electron chi connectivity index (χ2n) is 1.92. The van der Waals surface area contributed by atoms with Gasteiger partial charge in [0.25, 0.3) is 0 Å². The Morgan fingerprint density at radius 3 is 1.00 bits per heavy atom. The Morgan fingerprint density at radius 1 is 0.706 bits per heavy atom. The van der Waals surface area contributed by atoms with Crippen molar-refractivity contribution in [3.05, 3.63) is 4.13 Å². The molecule has 5 nitrogen and oxygen atoms in total. The van der Waals surface area contributed by atoms with Gasteiger partial charge in [-0.25, -0.2) is 16.8 Å². The van der Waals surface area contributed by atoms with Crippen LogP contribution in [0.25, 0.3) is 4.13 Å². The van der Waals surface area contributed by atoms with Crippen LogP contribution < -0.4 is 12.4 Å². The largest absolute Gasteiger partial charge is 2.00 e. The van der Waals surface area contributed by atoms with E-state index in [-0.39, 0.29) is 29.5 Å². The molecule has 17 heavy (non-hydrogen) atoms. The smallest absolute Gasteiger partial charge is 1.00 e. The fraction of sp³-hybridized carbons (Fsp3) is 1.00. The summed E-state index contributed by atoms with van der Waals surface area (Å²) in [6, 6.07) is 0. The van der Waals surface area contributed by atoms with E-state index in [2.05, 4.69) is 0 Å². The van der Waals surface area contributed by atoms with Crippen LogP contribution in [0.3, 0.4) is 0 Å². The molecule has 0 unspecified atom stereocenters. The van der Waals surface area contributed by atoms with Crippen LogP contribution in [0.2, 0.25) is 0 Å². The number of nitrogens with zero attached hydrogens (tertiary/aromatic N) is 1. The molecule has 0 aliphatic rings. The van der Waals surface area contributed by atoms with Crippen molar-refractivity contribution in [1.29, 1.82) is 0 Å². The molecule has 0 amide bonds. The predicted octanol–water partition coefficient (Wildman–Crippen LogP) is -1.94. The van der Waals surface area contributed by atoms with Gasteiger partial charge in [-0.1, -0.05) is 0 Å². The summed E-state index contributed by atoms with van der Waals surface area (Å²) in [6.07, 6.45) is 0. The van der Waals surface area contributed by atoms with Gasteiger partial charge < -0.3 is 16.5 Å². The normalized spacial score (nSPS) is 13.5. The Balaban J connectivity index is -0.000000980. The molecular formula is C2ClCuF6NO4S2. The second-order valence-corrected chi connectivity index (χ2v) is 5.34. The molecule has 0 aliphatic carbocycles. The number of halogens is 7. The number of hydrogen-bond acceptors (Lipinski definition) is 4. The first-order valence-corrected chi connectivity index (χ1v) is 5.45. The Bertz CT molecular complexity index is 396. The summed E-state index contributed by atoms with van der Waals surface area (Å²) in [7, 11) is -13.4. The summed E-state index contributed by atoms with van der Waals surface area (Å²) < 4.78 is 109. The summed E-state index contributed by atoms with van der Waals surface area (Å²) in [5.41, 5.74) is -12.4. The van der Waals surface area contributed by atoms with Gasteiger partial charge in [0.15, 0.2) is 20.0 Å². The number of sulfonamides is 2. The average molecular weight is 379 g/mol. The first-order valence-electron chi connectivity index (χ1n) is 2.57. The zero-order chi connectivity index (χ0) is 12.7. The Hall–Kier alpha value is 0.249. The summed E-state index contributed by atoms with van der Waals surface area (Å²) in [4.78, 5) is 0. The van der Waals surface area contributed by atoms with Gasteiger partial charge in [0, 0.05) is 0 Å². The van der Waals surface area contributed by atoms with Crippen molar-refractivity contribution < 1.29 is 72.7 Å². The molecule has 0 atom stereocenters. The maximum absolute atomic E-state index is 11.4. The van der Waals surface area contributed by atoms with Gasteiger partial charge in [-0.05, 0) is 0 Å². The third-order valence-corrected chi connectivity index (χ3v) is 3.52. The minimum absolute atomic E-state index is 0. The topological polar surface area (TPSA) is 82.4 Å². The monoisotopic (exact) mass is 378 g/mol. The van der Waals surface area contributed by atoms with Gasteiger partial charge in [-0.2, -0.15) is 26.3 Å². The van der Waals surface area contributed by atoms with Crippen LogP contribution in [0.4, 0.5) is 26.3 Å². The first kappa shape index (κ1) is 22.4. The first-order chi connectivity index (χ1) is 6.21. The van der Waals surface area contributed by atoms with Crippen LogP contribution in [0.5, 0.6) is 0 Å². The van der Waals surface area contributed by atoms with Crippen molar-refractivity contribution in [2.24, 2.45) is 0 Å².